The third-order valence-corrected chi connectivity index (χ3v) is 5.75. The van der Waals surface area contributed by atoms with Crippen LogP contribution in [0.4, 0.5) is 0 Å². The van der Waals surface area contributed by atoms with E-state index in [0.29, 0.717) is 22.6 Å². The third kappa shape index (κ3) is 3.25. The molecule has 4 rings (SSSR count). The Morgan fingerprint density at radius 1 is 1.15 bits per heavy atom. The number of nitrogens with two attached hydrogens (primary N) is 1. The molecule has 132 valence electrons. The van der Waals surface area contributed by atoms with Gasteiger partial charge in [-0.05, 0) is 25.3 Å². The Morgan fingerprint density at radius 2 is 1.96 bits per heavy atom. The molecular formula is C18H17N5OS2. The monoisotopic (exact) mass is 383 g/mol. The quantitative estimate of drug-likeness (QED) is 0.409. The van der Waals surface area contributed by atoms with E-state index in [2.05, 4.69) is 15.2 Å². The van der Waals surface area contributed by atoms with Gasteiger partial charge in [-0.3, -0.25) is 0 Å². The maximum absolute atomic E-state index is 6.19. The lowest BCUT2D eigenvalue weighted by molar-refractivity contribution is 0.542. The van der Waals surface area contributed by atoms with Crippen LogP contribution in [0.25, 0.3) is 22.2 Å². The summed E-state index contributed by atoms with van der Waals surface area (Å²) >= 11 is 3.10. The zero-order chi connectivity index (χ0) is 18.1. The number of hydrogen-bond donors (Lipinski definition) is 1. The minimum Gasteiger partial charge on any atom is -0.440 e. The zero-order valence-corrected chi connectivity index (χ0v) is 16.0. The fourth-order valence-corrected chi connectivity index (χ4v) is 3.98. The van der Waals surface area contributed by atoms with Crippen LogP contribution in [0.1, 0.15) is 17.0 Å². The molecule has 0 unspecified atom stereocenters. The van der Waals surface area contributed by atoms with Crippen molar-refractivity contribution in [2.45, 2.75) is 24.8 Å². The van der Waals surface area contributed by atoms with Crippen LogP contribution < -0.4 is 5.84 Å². The number of nitrogen functional groups attached to an aromatic ring is 1. The minimum atomic E-state index is 0.615. The lowest BCUT2D eigenvalue weighted by atomic mass is 10.1. The summed E-state index contributed by atoms with van der Waals surface area (Å²) in [7, 11) is 0. The first kappa shape index (κ1) is 16.9. The summed E-state index contributed by atoms with van der Waals surface area (Å²) in [6, 6.07) is 12.0. The molecule has 2 N–H and O–H groups in total. The van der Waals surface area contributed by atoms with Gasteiger partial charge in [0.15, 0.2) is 5.82 Å². The summed E-state index contributed by atoms with van der Waals surface area (Å²) < 4.78 is 7.29. The van der Waals surface area contributed by atoms with Gasteiger partial charge in [-0.25, -0.2) is 9.66 Å². The van der Waals surface area contributed by atoms with Gasteiger partial charge in [0.2, 0.25) is 11.0 Å². The largest absolute Gasteiger partial charge is 0.440 e. The van der Waals surface area contributed by atoms with Gasteiger partial charge in [0.05, 0.1) is 10.6 Å². The summed E-state index contributed by atoms with van der Waals surface area (Å²) in [6.07, 6.45) is 0. The van der Waals surface area contributed by atoms with Crippen LogP contribution in [0.5, 0.6) is 0 Å². The Bertz CT molecular complexity index is 1020. The molecule has 0 aliphatic rings. The minimum absolute atomic E-state index is 0.615. The highest BCUT2D eigenvalue weighted by molar-refractivity contribution is 7.98. The standard InChI is InChI=1S/C18H17N5OS2/c1-11-5-7-13(8-6-11)16-21-22-18(23(16)19)26-10-14-12(2)24-17(20-14)15-4-3-9-25-15/h3-9H,10,19H2,1-2H3. The molecule has 3 aromatic heterocycles. The maximum atomic E-state index is 6.19. The van der Waals surface area contributed by atoms with Crippen LogP contribution in [0.3, 0.4) is 0 Å². The van der Waals surface area contributed by atoms with Crippen LogP contribution in [0.15, 0.2) is 51.4 Å². The molecule has 0 aliphatic carbocycles. The van der Waals surface area contributed by atoms with Gasteiger partial charge in [-0.2, -0.15) is 0 Å². The molecule has 3 heterocycles. The Kier molecular flexibility index (Phi) is 4.52. The summed E-state index contributed by atoms with van der Waals surface area (Å²) in [5.74, 6) is 8.91. The van der Waals surface area contributed by atoms with Crippen LogP contribution in [-0.4, -0.2) is 19.9 Å². The molecule has 0 bridgehead atoms. The SMILES string of the molecule is Cc1ccc(-c2nnc(SCc3nc(-c4cccs4)oc3C)n2N)cc1. The smallest absolute Gasteiger partial charge is 0.236 e. The predicted octanol–water partition coefficient (Wildman–Crippen LogP) is 4.28. The highest BCUT2D eigenvalue weighted by Gasteiger charge is 2.16. The Balaban J connectivity index is 1.51. The van der Waals surface area contributed by atoms with Crippen molar-refractivity contribution in [2.75, 3.05) is 5.84 Å². The summed E-state index contributed by atoms with van der Waals surface area (Å²) in [6.45, 7) is 3.97. The number of oxazole rings is 1. The molecule has 0 saturated carbocycles. The van der Waals surface area contributed by atoms with Gasteiger partial charge >= 0.3 is 0 Å². The summed E-state index contributed by atoms with van der Waals surface area (Å²) in [5.41, 5.74) is 3.02. The van der Waals surface area contributed by atoms with Crippen molar-refractivity contribution in [1.29, 1.82) is 0 Å². The molecular weight excluding hydrogens is 366 g/mol. The molecule has 4 aromatic rings. The highest BCUT2D eigenvalue weighted by atomic mass is 32.2. The number of aryl methyl sites for hydroxylation is 2. The van der Waals surface area contributed by atoms with Gasteiger partial charge in [0.25, 0.3) is 0 Å². The van der Waals surface area contributed by atoms with Gasteiger partial charge in [-0.15, -0.1) is 21.5 Å². The van der Waals surface area contributed by atoms with E-state index in [1.54, 1.807) is 11.3 Å². The predicted molar refractivity (Wildman–Crippen MR) is 104 cm³/mol. The molecule has 0 atom stereocenters. The molecule has 0 saturated heterocycles. The molecule has 0 aliphatic heterocycles. The third-order valence-electron chi connectivity index (χ3n) is 3.94. The number of benzene rings is 1. The molecule has 26 heavy (non-hydrogen) atoms. The number of hydrogen-bond acceptors (Lipinski definition) is 7. The molecule has 0 radical (unpaired) electrons. The van der Waals surface area contributed by atoms with Crippen molar-refractivity contribution in [3.63, 3.8) is 0 Å². The molecule has 6 nitrogen and oxygen atoms in total. The zero-order valence-electron chi connectivity index (χ0n) is 14.3. The van der Waals surface area contributed by atoms with Crippen LogP contribution in [0, 0.1) is 13.8 Å². The van der Waals surface area contributed by atoms with Crippen molar-refractivity contribution >= 4 is 23.1 Å². The number of thiophene rings is 1. The second-order valence-corrected chi connectivity index (χ2v) is 7.72. The van der Waals surface area contributed by atoms with E-state index in [4.69, 9.17) is 10.3 Å². The molecule has 0 spiro atoms. The lowest BCUT2D eigenvalue weighted by Gasteiger charge is -2.03. The van der Waals surface area contributed by atoms with Crippen molar-refractivity contribution in [3.8, 4) is 22.2 Å². The van der Waals surface area contributed by atoms with Crippen molar-refractivity contribution < 1.29 is 4.42 Å². The van der Waals surface area contributed by atoms with E-state index < -0.39 is 0 Å². The van der Waals surface area contributed by atoms with E-state index in [9.17, 15) is 0 Å². The summed E-state index contributed by atoms with van der Waals surface area (Å²) in [4.78, 5) is 5.62. The fourth-order valence-electron chi connectivity index (χ4n) is 2.48. The van der Waals surface area contributed by atoms with Gasteiger partial charge in [0, 0.05) is 11.3 Å². The van der Waals surface area contributed by atoms with E-state index in [1.165, 1.54) is 22.0 Å². The summed E-state index contributed by atoms with van der Waals surface area (Å²) in [5, 5.41) is 11.1. The Morgan fingerprint density at radius 3 is 2.69 bits per heavy atom. The van der Waals surface area contributed by atoms with E-state index >= 15 is 0 Å². The average molecular weight is 384 g/mol. The first-order valence-electron chi connectivity index (χ1n) is 8.02. The number of rotatable bonds is 5. The Hall–Kier alpha value is -2.58. The fraction of sp³-hybridized carbons (Fsp3) is 0.167. The highest BCUT2D eigenvalue weighted by Crippen LogP contribution is 2.29. The van der Waals surface area contributed by atoms with Gasteiger partial charge in [0.1, 0.15) is 5.76 Å². The van der Waals surface area contributed by atoms with E-state index in [0.717, 1.165) is 21.9 Å². The normalized spacial score (nSPS) is 11.2. The van der Waals surface area contributed by atoms with Crippen molar-refractivity contribution in [2.24, 2.45) is 0 Å². The van der Waals surface area contributed by atoms with E-state index in [1.807, 2.05) is 55.6 Å². The van der Waals surface area contributed by atoms with Crippen LogP contribution in [-0.2, 0) is 5.75 Å². The average Bonchev–Trinajstić information content (AvgIpc) is 3.35. The van der Waals surface area contributed by atoms with Crippen LogP contribution >= 0.6 is 23.1 Å². The molecule has 1 aromatic carbocycles. The molecule has 0 amide bonds. The van der Waals surface area contributed by atoms with Gasteiger partial charge in [-0.1, -0.05) is 47.7 Å². The Labute approximate surface area is 159 Å². The molecule has 8 heteroatoms. The van der Waals surface area contributed by atoms with E-state index in [-0.39, 0.29) is 0 Å². The first-order valence-corrected chi connectivity index (χ1v) is 9.89. The topological polar surface area (TPSA) is 82.8 Å². The number of thioether (sulfide) groups is 1. The number of aromatic nitrogens is 4. The molecule has 0 fully saturated rings. The number of nitrogens with zero attached hydrogens (tertiary/aromatic N) is 4. The van der Waals surface area contributed by atoms with Crippen molar-refractivity contribution in [3.05, 3.63) is 58.8 Å². The lowest BCUT2D eigenvalue weighted by Crippen LogP contribution is -2.11. The second kappa shape index (κ2) is 6.97. The van der Waals surface area contributed by atoms with Gasteiger partial charge < -0.3 is 10.3 Å². The maximum Gasteiger partial charge on any atom is 0.236 e. The van der Waals surface area contributed by atoms with Crippen molar-refractivity contribution in [1.82, 2.24) is 19.9 Å². The second-order valence-electron chi connectivity index (χ2n) is 5.83. The first-order chi connectivity index (χ1) is 12.6. The van der Waals surface area contributed by atoms with Crippen LogP contribution in [0.2, 0.25) is 0 Å².